The summed E-state index contributed by atoms with van der Waals surface area (Å²) in [6.45, 7) is 3.13. The van der Waals surface area contributed by atoms with Gasteiger partial charge in [-0.2, -0.15) is 0 Å². The smallest absolute Gasteiger partial charge is 0.162 e. The molecule has 2 aromatic carbocycles. The summed E-state index contributed by atoms with van der Waals surface area (Å²) in [7, 11) is 1.63. The van der Waals surface area contributed by atoms with Gasteiger partial charge in [-0.15, -0.1) is 0 Å². The number of ether oxygens (including phenoxy) is 2. The van der Waals surface area contributed by atoms with E-state index in [9.17, 15) is 4.79 Å². The molecule has 0 unspecified atom stereocenters. The third-order valence-electron chi connectivity index (χ3n) is 3.52. The van der Waals surface area contributed by atoms with Gasteiger partial charge in [-0.1, -0.05) is 30.3 Å². The van der Waals surface area contributed by atoms with Gasteiger partial charge in [0, 0.05) is 18.6 Å². The summed E-state index contributed by atoms with van der Waals surface area (Å²) in [6, 6.07) is 15.6. The van der Waals surface area contributed by atoms with E-state index in [0.29, 0.717) is 19.6 Å². The number of methoxy groups -OCH3 is 1. The molecule has 0 aliphatic heterocycles. The van der Waals surface area contributed by atoms with Gasteiger partial charge in [0.2, 0.25) is 0 Å². The molecule has 0 spiro atoms. The predicted molar refractivity (Wildman–Crippen MR) is 87.4 cm³/mol. The maximum atomic E-state index is 12.1. The second-order valence-electron chi connectivity index (χ2n) is 5.25. The van der Waals surface area contributed by atoms with Gasteiger partial charge in [0.25, 0.3) is 0 Å². The molecule has 0 saturated carbocycles. The maximum Gasteiger partial charge on any atom is 0.162 e. The largest absolute Gasteiger partial charge is 0.496 e. The van der Waals surface area contributed by atoms with Crippen molar-refractivity contribution >= 4 is 5.78 Å². The molecule has 0 aliphatic carbocycles. The number of benzene rings is 2. The zero-order chi connectivity index (χ0) is 15.8. The minimum atomic E-state index is 0.147. The van der Waals surface area contributed by atoms with E-state index in [1.165, 1.54) is 0 Å². The fourth-order valence-electron chi connectivity index (χ4n) is 2.30. The van der Waals surface area contributed by atoms with Crippen LogP contribution < -0.4 is 4.74 Å². The molecule has 2 aromatic rings. The van der Waals surface area contributed by atoms with Crippen molar-refractivity contribution in [2.45, 2.75) is 26.4 Å². The van der Waals surface area contributed by atoms with Gasteiger partial charge in [0.15, 0.2) is 5.78 Å². The molecular weight excluding hydrogens is 276 g/mol. The summed E-state index contributed by atoms with van der Waals surface area (Å²) in [5.41, 5.74) is 2.87. The van der Waals surface area contributed by atoms with E-state index in [1.54, 1.807) is 7.11 Å². The molecule has 22 heavy (non-hydrogen) atoms. The van der Waals surface area contributed by atoms with Crippen LogP contribution in [0.1, 0.15) is 34.3 Å². The van der Waals surface area contributed by atoms with Crippen molar-refractivity contribution in [3.05, 3.63) is 65.2 Å². The number of hydrogen-bond donors (Lipinski definition) is 0. The van der Waals surface area contributed by atoms with Crippen molar-refractivity contribution in [1.29, 1.82) is 0 Å². The van der Waals surface area contributed by atoms with Crippen molar-refractivity contribution < 1.29 is 14.3 Å². The van der Waals surface area contributed by atoms with Crippen LogP contribution in [0.5, 0.6) is 5.75 Å². The van der Waals surface area contributed by atoms with Crippen LogP contribution in [-0.2, 0) is 11.3 Å². The van der Waals surface area contributed by atoms with Crippen molar-refractivity contribution in [2.75, 3.05) is 13.7 Å². The van der Waals surface area contributed by atoms with Gasteiger partial charge in [-0.25, -0.2) is 0 Å². The summed E-state index contributed by atoms with van der Waals surface area (Å²) < 4.78 is 10.8. The number of carbonyl (C=O) groups excluding carboxylic acids is 1. The summed E-state index contributed by atoms with van der Waals surface area (Å²) in [6.07, 6.45) is 1.23. The highest BCUT2D eigenvalue weighted by Crippen LogP contribution is 2.19. The van der Waals surface area contributed by atoms with Crippen molar-refractivity contribution in [3.8, 4) is 5.75 Å². The predicted octanol–water partition coefficient (Wildman–Crippen LogP) is 4.18. The average molecular weight is 298 g/mol. The molecule has 0 fully saturated rings. The van der Waals surface area contributed by atoms with Crippen molar-refractivity contribution in [1.82, 2.24) is 0 Å². The zero-order valence-electron chi connectivity index (χ0n) is 13.2. The number of carbonyl (C=O) groups is 1. The lowest BCUT2D eigenvalue weighted by Gasteiger charge is -2.07. The number of ketones is 1. The van der Waals surface area contributed by atoms with Gasteiger partial charge < -0.3 is 9.47 Å². The van der Waals surface area contributed by atoms with E-state index in [4.69, 9.17) is 9.47 Å². The standard InChI is InChI=1S/C19H22O3/c1-15-13-17(10-11-19(15)21-2)18(20)9-6-12-22-14-16-7-4-3-5-8-16/h3-5,7-8,10-11,13H,6,9,12,14H2,1-2H3. The molecule has 3 nitrogen and oxygen atoms in total. The fraction of sp³-hybridized carbons (Fsp3) is 0.316. The first kappa shape index (κ1) is 16.2. The quantitative estimate of drug-likeness (QED) is 0.541. The molecule has 3 heteroatoms. The maximum absolute atomic E-state index is 12.1. The molecule has 0 N–H and O–H groups in total. The second kappa shape index (κ2) is 8.35. The molecule has 0 aliphatic rings. The number of rotatable bonds is 8. The molecule has 0 heterocycles. The molecule has 116 valence electrons. The van der Waals surface area contributed by atoms with E-state index >= 15 is 0 Å². The molecule has 2 rings (SSSR count). The molecule has 0 radical (unpaired) electrons. The van der Waals surface area contributed by atoms with Crippen LogP contribution in [0.15, 0.2) is 48.5 Å². The summed E-state index contributed by atoms with van der Waals surface area (Å²) in [4.78, 5) is 12.1. The van der Waals surface area contributed by atoms with Crippen LogP contribution in [0.2, 0.25) is 0 Å². The van der Waals surface area contributed by atoms with E-state index in [0.717, 1.165) is 28.9 Å². The molecule has 0 saturated heterocycles. The first-order valence-electron chi connectivity index (χ1n) is 7.50. The Morgan fingerprint density at radius 1 is 1.09 bits per heavy atom. The normalized spacial score (nSPS) is 10.5. The van der Waals surface area contributed by atoms with Crippen LogP contribution in [-0.4, -0.2) is 19.5 Å². The lowest BCUT2D eigenvalue weighted by atomic mass is 10.0. The van der Waals surface area contributed by atoms with Crippen LogP contribution >= 0.6 is 0 Å². The van der Waals surface area contributed by atoms with E-state index in [1.807, 2.05) is 55.5 Å². The van der Waals surface area contributed by atoms with E-state index < -0.39 is 0 Å². The van der Waals surface area contributed by atoms with Crippen LogP contribution in [0.25, 0.3) is 0 Å². The SMILES string of the molecule is COc1ccc(C(=O)CCCOCc2ccccc2)cc1C. The zero-order valence-corrected chi connectivity index (χ0v) is 13.2. The van der Waals surface area contributed by atoms with E-state index in [-0.39, 0.29) is 5.78 Å². The minimum absolute atomic E-state index is 0.147. The first-order chi connectivity index (χ1) is 10.7. The van der Waals surface area contributed by atoms with Crippen molar-refractivity contribution in [3.63, 3.8) is 0 Å². The Morgan fingerprint density at radius 3 is 2.55 bits per heavy atom. The fourth-order valence-corrected chi connectivity index (χ4v) is 2.30. The van der Waals surface area contributed by atoms with Crippen LogP contribution in [0, 0.1) is 6.92 Å². The third-order valence-corrected chi connectivity index (χ3v) is 3.52. The number of hydrogen-bond acceptors (Lipinski definition) is 3. The summed E-state index contributed by atoms with van der Waals surface area (Å²) in [5.74, 6) is 0.955. The average Bonchev–Trinajstić information content (AvgIpc) is 2.55. The highest BCUT2D eigenvalue weighted by atomic mass is 16.5. The third kappa shape index (κ3) is 4.71. The molecule has 0 bridgehead atoms. The minimum Gasteiger partial charge on any atom is -0.496 e. The Balaban J connectivity index is 1.72. The Labute approximate surface area is 131 Å². The second-order valence-corrected chi connectivity index (χ2v) is 5.25. The van der Waals surface area contributed by atoms with Crippen LogP contribution in [0.3, 0.4) is 0 Å². The summed E-state index contributed by atoms with van der Waals surface area (Å²) >= 11 is 0. The van der Waals surface area contributed by atoms with Crippen LogP contribution in [0.4, 0.5) is 0 Å². The molecule has 0 aromatic heterocycles. The topological polar surface area (TPSA) is 35.5 Å². The van der Waals surface area contributed by atoms with E-state index in [2.05, 4.69) is 0 Å². The lowest BCUT2D eigenvalue weighted by Crippen LogP contribution is -2.03. The Morgan fingerprint density at radius 2 is 1.86 bits per heavy atom. The van der Waals surface area contributed by atoms with Gasteiger partial charge in [0.1, 0.15) is 5.75 Å². The summed E-state index contributed by atoms with van der Waals surface area (Å²) in [5, 5.41) is 0. The number of aryl methyl sites for hydroxylation is 1. The van der Waals surface area contributed by atoms with Crippen molar-refractivity contribution in [2.24, 2.45) is 0 Å². The van der Waals surface area contributed by atoms with Gasteiger partial charge in [-0.3, -0.25) is 4.79 Å². The van der Waals surface area contributed by atoms with Gasteiger partial charge in [-0.05, 0) is 42.7 Å². The molecule has 0 amide bonds. The molecule has 0 atom stereocenters. The molecular formula is C19H22O3. The monoisotopic (exact) mass is 298 g/mol. The highest BCUT2D eigenvalue weighted by molar-refractivity contribution is 5.96. The van der Waals surface area contributed by atoms with Gasteiger partial charge >= 0.3 is 0 Å². The Hall–Kier alpha value is -2.13. The lowest BCUT2D eigenvalue weighted by molar-refractivity contribution is 0.0919. The highest BCUT2D eigenvalue weighted by Gasteiger charge is 2.08. The Bertz CT molecular complexity index is 605. The first-order valence-corrected chi connectivity index (χ1v) is 7.50. The number of Topliss-reactive ketones (excluding diaryl/α,β-unsaturated/α-hetero) is 1. The van der Waals surface area contributed by atoms with Gasteiger partial charge in [0.05, 0.1) is 13.7 Å². The Kier molecular flexibility index (Phi) is 6.16.